The fourth-order valence-electron chi connectivity index (χ4n) is 1.88. The molecule has 2 heterocycles. The van der Waals surface area contributed by atoms with Gasteiger partial charge in [0.15, 0.2) is 0 Å². The molecule has 0 bridgehead atoms. The molecule has 6 heteroatoms. The second-order valence-corrected chi connectivity index (χ2v) is 4.34. The minimum atomic E-state index is -0.808. The first-order chi connectivity index (χ1) is 8.16. The highest BCUT2D eigenvalue weighted by Crippen LogP contribution is 2.33. The van der Waals surface area contributed by atoms with E-state index in [2.05, 4.69) is 17.1 Å². The van der Waals surface area contributed by atoms with Gasteiger partial charge in [0.05, 0.1) is 0 Å². The number of carboxylic acid groups (broad SMARTS) is 1. The molecule has 1 fully saturated rings. The van der Waals surface area contributed by atoms with Crippen molar-refractivity contribution >= 4 is 5.97 Å². The molecular weight excluding hydrogens is 224 g/mol. The van der Waals surface area contributed by atoms with Crippen LogP contribution in [0.4, 0.5) is 0 Å². The third-order valence-corrected chi connectivity index (χ3v) is 2.89. The summed E-state index contributed by atoms with van der Waals surface area (Å²) < 4.78 is 11.0. The lowest BCUT2D eigenvalue weighted by molar-refractivity contribution is -0.137. The molecule has 0 aliphatic carbocycles. The zero-order valence-corrected chi connectivity index (χ0v) is 9.76. The molecule has 1 saturated heterocycles. The third kappa shape index (κ3) is 3.03. The second kappa shape index (κ2) is 5.27. The van der Waals surface area contributed by atoms with Crippen molar-refractivity contribution in [2.75, 3.05) is 6.61 Å². The maximum Gasteiger partial charge on any atom is 0.303 e. The maximum atomic E-state index is 10.4. The van der Waals surface area contributed by atoms with Gasteiger partial charge in [0.1, 0.15) is 6.10 Å². The van der Waals surface area contributed by atoms with Gasteiger partial charge in [0, 0.05) is 19.4 Å². The number of hydrogen-bond acceptors (Lipinski definition) is 5. The molecule has 1 aromatic heterocycles. The molecule has 1 aliphatic heterocycles. The van der Waals surface area contributed by atoms with Crippen molar-refractivity contribution in [1.82, 2.24) is 10.2 Å². The molecule has 6 nitrogen and oxygen atoms in total. The number of rotatable bonds is 5. The molecule has 0 amide bonds. The van der Waals surface area contributed by atoms with E-state index in [1.54, 1.807) is 0 Å². The molecule has 2 atom stereocenters. The first-order valence-electron chi connectivity index (χ1n) is 5.82. The minimum absolute atomic E-state index is 0.101. The summed E-state index contributed by atoms with van der Waals surface area (Å²) in [5, 5.41) is 16.4. The van der Waals surface area contributed by atoms with E-state index in [0.29, 0.717) is 30.5 Å². The average Bonchev–Trinajstić information content (AvgIpc) is 2.86. The van der Waals surface area contributed by atoms with Crippen LogP contribution in [0.15, 0.2) is 4.42 Å². The Morgan fingerprint density at radius 2 is 2.35 bits per heavy atom. The number of carboxylic acids is 1. The van der Waals surface area contributed by atoms with Crippen molar-refractivity contribution in [1.29, 1.82) is 0 Å². The minimum Gasteiger partial charge on any atom is -0.481 e. The summed E-state index contributed by atoms with van der Waals surface area (Å²) in [4.78, 5) is 10.4. The zero-order valence-electron chi connectivity index (χ0n) is 9.76. The lowest BCUT2D eigenvalue weighted by Gasteiger charge is -2.08. The molecule has 1 aromatic rings. The molecular formula is C11H16N2O4. The van der Waals surface area contributed by atoms with Gasteiger partial charge in [-0.1, -0.05) is 6.92 Å². The lowest BCUT2D eigenvalue weighted by atomic mass is 10.0. The predicted octanol–water partition coefficient (Wildman–Crippen LogP) is 1.57. The predicted molar refractivity (Wildman–Crippen MR) is 57.3 cm³/mol. The lowest BCUT2D eigenvalue weighted by Crippen LogP contribution is -2.03. The van der Waals surface area contributed by atoms with Gasteiger partial charge in [0.2, 0.25) is 11.8 Å². The molecule has 17 heavy (non-hydrogen) atoms. The Hall–Kier alpha value is -1.43. The van der Waals surface area contributed by atoms with Crippen molar-refractivity contribution in [3.63, 3.8) is 0 Å². The van der Waals surface area contributed by atoms with Gasteiger partial charge in [-0.2, -0.15) is 0 Å². The largest absolute Gasteiger partial charge is 0.481 e. The first-order valence-corrected chi connectivity index (χ1v) is 5.82. The average molecular weight is 240 g/mol. The van der Waals surface area contributed by atoms with E-state index in [-0.39, 0.29) is 12.5 Å². The number of nitrogens with zero attached hydrogens (tertiary/aromatic N) is 2. The number of hydrogen-bond donors (Lipinski definition) is 1. The molecule has 2 unspecified atom stereocenters. The van der Waals surface area contributed by atoms with Gasteiger partial charge in [-0.3, -0.25) is 4.79 Å². The molecule has 94 valence electrons. The molecule has 1 aliphatic rings. The van der Waals surface area contributed by atoms with Gasteiger partial charge in [-0.05, 0) is 18.8 Å². The Labute approximate surface area is 99.0 Å². The summed E-state index contributed by atoms with van der Waals surface area (Å²) in [6.07, 6.45) is 2.03. The van der Waals surface area contributed by atoms with Crippen LogP contribution in [0.2, 0.25) is 0 Å². The van der Waals surface area contributed by atoms with Crippen LogP contribution in [-0.4, -0.2) is 27.9 Å². The highest BCUT2D eigenvalue weighted by molar-refractivity contribution is 5.66. The van der Waals surface area contributed by atoms with E-state index in [4.69, 9.17) is 14.3 Å². The van der Waals surface area contributed by atoms with Crippen molar-refractivity contribution in [3.05, 3.63) is 11.8 Å². The van der Waals surface area contributed by atoms with Crippen LogP contribution in [0.1, 0.15) is 44.1 Å². The topological polar surface area (TPSA) is 85.5 Å². The van der Waals surface area contributed by atoms with Gasteiger partial charge in [-0.15, -0.1) is 10.2 Å². The number of ether oxygens (including phenoxy) is 1. The summed E-state index contributed by atoms with van der Waals surface area (Å²) >= 11 is 0. The number of aromatic nitrogens is 2. The van der Waals surface area contributed by atoms with Crippen LogP contribution in [0.5, 0.6) is 0 Å². The van der Waals surface area contributed by atoms with Gasteiger partial charge >= 0.3 is 5.97 Å². The smallest absolute Gasteiger partial charge is 0.303 e. The summed E-state index contributed by atoms with van der Waals surface area (Å²) in [6, 6.07) is 0. The van der Waals surface area contributed by atoms with E-state index < -0.39 is 5.97 Å². The first kappa shape index (κ1) is 12.0. The summed E-state index contributed by atoms with van der Waals surface area (Å²) in [6.45, 7) is 2.81. The molecule has 0 spiro atoms. The molecule has 0 radical (unpaired) electrons. The van der Waals surface area contributed by atoms with Gasteiger partial charge in [0.25, 0.3) is 0 Å². The van der Waals surface area contributed by atoms with Crippen LogP contribution in [-0.2, 0) is 16.0 Å². The Balaban J connectivity index is 1.89. The molecule has 1 N–H and O–H groups in total. The second-order valence-electron chi connectivity index (χ2n) is 4.34. The summed E-state index contributed by atoms with van der Waals surface area (Å²) in [5.74, 6) is 0.587. The Bertz CT molecular complexity index is 391. The Kier molecular flexibility index (Phi) is 3.73. The number of aryl methyl sites for hydroxylation is 1. The summed E-state index contributed by atoms with van der Waals surface area (Å²) in [7, 11) is 0. The van der Waals surface area contributed by atoms with Crippen molar-refractivity contribution < 1.29 is 19.1 Å². The van der Waals surface area contributed by atoms with Crippen molar-refractivity contribution in [2.24, 2.45) is 5.92 Å². The normalized spacial score (nSPS) is 24.1. The molecule has 0 saturated carbocycles. The van der Waals surface area contributed by atoms with Crippen LogP contribution in [0, 0.1) is 5.92 Å². The fourth-order valence-corrected chi connectivity index (χ4v) is 1.88. The standard InChI is InChI=1S/C11H16N2O4/c1-7-5-6-16-10(7)11-13-12-8(17-11)3-2-4-9(14)15/h7,10H,2-6H2,1H3,(H,14,15). The SMILES string of the molecule is CC1CCOC1c1nnc(CCCC(=O)O)o1. The van der Waals surface area contributed by atoms with Crippen LogP contribution in [0.25, 0.3) is 0 Å². The molecule has 0 aromatic carbocycles. The highest BCUT2D eigenvalue weighted by Gasteiger charge is 2.30. The zero-order chi connectivity index (χ0) is 12.3. The van der Waals surface area contributed by atoms with E-state index in [9.17, 15) is 4.79 Å². The highest BCUT2D eigenvalue weighted by atomic mass is 16.5. The quantitative estimate of drug-likeness (QED) is 0.840. The monoisotopic (exact) mass is 240 g/mol. The van der Waals surface area contributed by atoms with Crippen LogP contribution in [0.3, 0.4) is 0 Å². The van der Waals surface area contributed by atoms with Gasteiger partial charge < -0.3 is 14.3 Å². The van der Waals surface area contributed by atoms with E-state index in [1.807, 2.05) is 0 Å². The van der Waals surface area contributed by atoms with Crippen molar-refractivity contribution in [2.45, 2.75) is 38.7 Å². The molecule has 2 rings (SSSR count). The van der Waals surface area contributed by atoms with E-state index in [0.717, 1.165) is 13.0 Å². The number of aliphatic carboxylic acids is 1. The van der Waals surface area contributed by atoms with E-state index in [1.165, 1.54) is 0 Å². The Morgan fingerprint density at radius 1 is 1.53 bits per heavy atom. The van der Waals surface area contributed by atoms with Crippen molar-refractivity contribution in [3.8, 4) is 0 Å². The fraction of sp³-hybridized carbons (Fsp3) is 0.727. The number of carbonyl (C=O) groups is 1. The maximum absolute atomic E-state index is 10.4. The van der Waals surface area contributed by atoms with Gasteiger partial charge in [-0.25, -0.2) is 0 Å². The van der Waals surface area contributed by atoms with E-state index >= 15 is 0 Å². The Morgan fingerprint density at radius 3 is 3.00 bits per heavy atom. The van der Waals surface area contributed by atoms with Crippen LogP contribution >= 0.6 is 0 Å². The summed E-state index contributed by atoms with van der Waals surface area (Å²) in [5.41, 5.74) is 0. The third-order valence-electron chi connectivity index (χ3n) is 2.89. The van der Waals surface area contributed by atoms with Crippen LogP contribution < -0.4 is 0 Å².